The van der Waals surface area contributed by atoms with E-state index in [9.17, 15) is 19.5 Å². The number of aliphatic carboxylic acids is 1. The molecular formula is C11H11N2O4-. The summed E-state index contributed by atoms with van der Waals surface area (Å²) in [7, 11) is 0. The first kappa shape index (κ1) is 12.7. The van der Waals surface area contributed by atoms with E-state index in [0.717, 1.165) is 0 Å². The molecule has 90 valence electrons. The van der Waals surface area contributed by atoms with Crippen LogP contribution in [0.2, 0.25) is 0 Å². The van der Waals surface area contributed by atoms with Crippen LogP contribution in [0.4, 0.5) is 0 Å². The second kappa shape index (κ2) is 6.26. The first-order valence-corrected chi connectivity index (χ1v) is 4.93. The number of hydrazine groups is 1. The first-order valence-electron chi connectivity index (χ1n) is 4.93. The third kappa shape index (κ3) is 4.78. The molecular weight excluding hydrogens is 224 g/mol. The second-order valence-electron chi connectivity index (χ2n) is 3.24. The molecule has 0 radical (unpaired) electrons. The van der Waals surface area contributed by atoms with E-state index in [1.54, 1.807) is 30.3 Å². The van der Waals surface area contributed by atoms with Gasteiger partial charge < -0.3 is 9.90 Å². The molecule has 0 spiro atoms. The lowest BCUT2D eigenvalue weighted by molar-refractivity contribution is -0.305. The van der Waals surface area contributed by atoms with Crippen molar-refractivity contribution in [1.29, 1.82) is 0 Å². The summed E-state index contributed by atoms with van der Waals surface area (Å²) in [5.41, 5.74) is 4.67. The zero-order chi connectivity index (χ0) is 12.7. The highest BCUT2D eigenvalue weighted by atomic mass is 16.4. The van der Waals surface area contributed by atoms with Gasteiger partial charge in [-0.15, -0.1) is 0 Å². The Hall–Kier alpha value is -2.37. The van der Waals surface area contributed by atoms with E-state index in [-0.39, 0.29) is 12.8 Å². The highest BCUT2D eigenvalue weighted by Crippen LogP contribution is 1.96. The average molecular weight is 235 g/mol. The fourth-order valence-corrected chi connectivity index (χ4v) is 1.07. The van der Waals surface area contributed by atoms with Gasteiger partial charge in [0.25, 0.3) is 5.91 Å². The van der Waals surface area contributed by atoms with Crippen molar-refractivity contribution in [3.63, 3.8) is 0 Å². The Kier molecular flexibility index (Phi) is 4.68. The average Bonchev–Trinajstić information content (AvgIpc) is 2.34. The van der Waals surface area contributed by atoms with Crippen LogP contribution in [0.1, 0.15) is 23.2 Å². The normalized spacial score (nSPS) is 9.41. The Morgan fingerprint density at radius 2 is 1.65 bits per heavy atom. The smallest absolute Gasteiger partial charge is 0.269 e. The van der Waals surface area contributed by atoms with Gasteiger partial charge in [0.1, 0.15) is 0 Å². The molecule has 0 heterocycles. The number of rotatable bonds is 4. The van der Waals surface area contributed by atoms with Gasteiger partial charge in [-0.3, -0.25) is 20.4 Å². The van der Waals surface area contributed by atoms with Crippen LogP contribution in [-0.2, 0) is 9.59 Å². The molecule has 0 aliphatic carbocycles. The van der Waals surface area contributed by atoms with E-state index < -0.39 is 17.8 Å². The summed E-state index contributed by atoms with van der Waals surface area (Å²) < 4.78 is 0. The number of carbonyl (C=O) groups excluding carboxylic acids is 3. The van der Waals surface area contributed by atoms with E-state index in [4.69, 9.17) is 0 Å². The summed E-state index contributed by atoms with van der Waals surface area (Å²) in [4.78, 5) is 32.6. The van der Waals surface area contributed by atoms with E-state index in [1.165, 1.54) is 0 Å². The summed E-state index contributed by atoms with van der Waals surface area (Å²) >= 11 is 0. The Labute approximate surface area is 97.6 Å². The van der Waals surface area contributed by atoms with E-state index in [2.05, 4.69) is 10.9 Å². The zero-order valence-corrected chi connectivity index (χ0v) is 8.93. The number of benzene rings is 1. The van der Waals surface area contributed by atoms with Crippen LogP contribution < -0.4 is 16.0 Å². The number of carbonyl (C=O) groups is 3. The highest BCUT2D eigenvalue weighted by molar-refractivity contribution is 5.95. The van der Waals surface area contributed by atoms with Gasteiger partial charge in [0, 0.05) is 18.0 Å². The minimum Gasteiger partial charge on any atom is -0.550 e. The Morgan fingerprint density at radius 3 is 2.24 bits per heavy atom. The number of amides is 2. The zero-order valence-electron chi connectivity index (χ0n) is 8.93. The van der Waals surface area contributed by atoms with Gasteiger partial charge in [-0.05, 0) is 18.6 Å². The third-order valence-electron chi connectivity index (χ3n) is 1.91. The minimum absolute atomic E-state index is 0.239. The third-order valence-corrected chi connectivity index (χ3v) is 1.91. The number of nitrogens with one attached hydrogen (secondary N) is 2. The predicted molar refractivity (Wildman–Crippen MR) is 56.3 cm³/mol. The van der Waals surface area contributed by atoms with Gasteiger partial charge in [-0.1, -0.05) is 18.2 Å². The van der Waals surface area contributed by atoms with Gasteiger partial charge in [0.05, 0.1) is 0 Å². The molecule has 0 aliphatic heterocycles. The summed E-state index contributed by atoms with van der Waals surface area (Å²) in [6.45, 7) is 0. The molecule has 1 aromatic carbocycles. The first-order chi connectivity index (χ1) is 8.09. The number of carboxylic acids is 1. The summed E-state index contributed by atoms with van der Waals surface area (Å²) in [5.74, 6) is -2.36. The van der Waals surface area contributed by atoms with Crippen LogP contribution in [0.15, 0.2) is 30.3 Å². The van der Waals surface area contributed by atoms with Crippen molar-refractivity contribution >= 4 is 17.8 Å². The fourth-order valence-electron chi connectivity index (χ4n) is 1.07. The summed E-state index contributed by atoms with van der Waals surface area (Å²) in [5, 5.41) is 10.1. The minimum atomic E-state index is -1.31. The van der Waals surface area contributed by atoms with E-state index in [0.29, 0.717) is 5.56 Å². The Bertz CT molecular complexity index is 417. The lowest BCUT2D eigenvalue weighted by atomic mass is 10.2. The van der Waals surface area contributed by atoms with Crippen LogP contribution in [0, 0.1) is 0 Å². The Balaban J connectivity index is 2.34. The molecule has 0 bridgehead atoms. The van der Waals surface area contributed by atoms with Gasteiger partial charge in [-0.2, -0.15) is 0 Å². The number of hydrogen-bond acceptors (Lipinski definition) is 4. The van der Waals surface area contributed by atoms with Crippen LogP contribution >= 0.6 is 0 Å². The fraction of sp³-hybridized carbons (Fsp3) is 0.182. The topological polar surface area (TPSA) is 98.3 Å². The number of hydrogen-bond donors (Lipinski definition) is 2. The molecule has 0 aliphatic rings. The molecule has 0 atom stereocenters. The van der Waals surface area contributed by atoms with Gasteiger partial charge in [0.15, 0.2) is 0 Å². The molecule has 0 unspecified atom stereocenters. The van der Waals surface area contributed by atoms with Crippen molar-refractivity contribution in [1.82, 2.24) is 10.9 Å². The maximum absolute atomic E-state index is 11.4. The van der Waals surface area contributed by atoms with Crippen LogP contribution in [0.25, 0.3) is 0 Å². The molecule has 17 heavy (non-hydrogen) atoms. The molecule has 1 aromatic rings. The van der Waals surface area contributed by atoms with Gasteiger partial charge >= 0.3 is 0 Å². The summed E-state index contributed by atoms with van der Waals surface area (Å²) in [6, 6.07) is 8.31. The predicted octanol–water partition coefficient (Wildman–Crippen LogP) is -1.02. The van der Waals surface area contributed by atoms with Crippen molar-refractivity contribution in [2.45, 2.75) is 12.8 Å². The maximum Gasteiger partial charge on any atom is 0.269 e. The van der Waals surface area contributed by atoms with Gasteiger partial charge in [0.2, 0.25) is 5.91 Å². The molecule has 0 fully saturated rings. The van der Waals surface area contributed by atoms with Crippen molar-refractivity contribution in [3.8, 4) is 0 Å². The second-order valence-corrected chi connectivity index (χ2v) is 3.24. The van der Waals surface area contributed by atoms with Crippen LogP contribution in [0.5, 0.6) is 0 Å². The lowest BCUT2D eigenvalue weighted by Gasteiger charge is -2.07. The van der Waals surface area contributed by atoms with Crippen molar-refractivity contribution in [3.05, 3.63) is 35.9 Å². The molecule has 2 N–H and O–H groups in total. The molecule has 0 saturated carbocycles. The van der Waals surface area contributed by atoms with E-state index >= 15 is 0 Å². The highest BCUT2D eigenvalue weighted by Gasteiger charge is 2.06. The molecule has 1 rings (SSSR count). The monoisotopic (exact) mass is 235 g/mol. The summed E-state index contributed by atoms with van der Waals surface area (Å²) in [6.07, 6.45) is -0.621. The molecule has 6 nitrogen and oxygen atoms in total. The van der Waals surface area contributed by atoms with Crippen LogP contribution in [-0.4, -0.2) is 17.8 Å². The standard InChI is InChI=1S/C11H12N2O4/c14-9(6-7-10(15)16)12-13-11(17)8-4-2-1-3-5-8/h1-5H,6-7H2,(H,12,14)(H,13,17)(H,15,16)/p-1. The Morgan fingerprint density at radius 1 is 1.00 bits per heavy atom. The van der Waals surface area contributed by atoms with Crippen molar-refractivity contribution < 1.29 is 19.5 Å². The quantitative estimate of drug-likeness (QED) is 0.652. The lowest BCUT2D eigenvalue weighted by Crippen LogP contribution is -2.42. The number of carboxylic acid groups (broad SMARTS) is 1. The molecule has 0 aromatic heterocycles. The van der Waals surface area contributed by atoms with Crippen molar-refractivity contribution in [2.75, 3.05) is 0 Å². The SMILES string of the molecule is O=C([O-])CCC(=O)NNC(=O)c1ccccc1. The van der Waals surface area contributed by atoms with Crippen molar-refractivity contribution in [2.24, 2.45) is 0 Å². The molecule has 0 saturated heterocycles. The molecule has 2 amide bonds. The largest absolute Gasteiger partial charge is 0.550 e. The van der Waals surface area contributed by atoms with Gasteiger partial charge in [-0.25, -0.2) is 0 Å². The van der Waals surface area contributed by atoms with Crippen LogP contribution in [0.3, 0.4) is 0 Å². The maximum atomic E-state index is 11.4. The van der Waals surface area contributed by atoms with E-state index in [1.807, 2.05) is 0 Å². The molecule has 6 heteroatoms.